The summed E-state index contributed by atoms with van der Waals surface area (Å²) in [4.78, 5) is 0. The first-order valence-corrected chi connectivity index (χ1v) is 7.06. The summed E-state index contributed by atoms with van der Waals surface area (Å²) in [5.41, 5.74) is 3.28. The van der Waals surface area contributed by atoms with Gasteiger partial charge in [0.15, 0.2) is 0 Å². The lowest BCUT2D eigenvalue weighted by molar-refractivity contribution is 0.578. The van der Waals surface area contributed by atoms with E-state index in [1.807, 2.05) is 39.7 Å². The van der Waals surface area contributed by atoms with Crippen molar-refractivity contribution in [2.45, 2.75) is 26.4 Å². The van der Waals surface area contributed by atoms with Crippen LogP contribution in [0.25, 0.3) is 5.69 Å². The van der Waals surface area contributed by atoms with Crippen LogP contribution in [0.5, 0.6) is 0 Å². The molecule has 0 spiro atoms. The topological polar surface area (TPSA) is 60.6 Å². The third kappa shape index (κ3) is 3.10. The number of nitrogens with one attached hydrogen (secondary N) is 1. The van der Waals surface area contributed by atoms with Crippen LogP contribution < -0.4 is 5.32 Å². The van der Waals surface area contributed by atoms with Crippen LogP contribution in [0.15, 0.2) is 49.2 Å². The molecule has 1 N–H and O–H groups in total. The van der Waals surface area contributed by atoms with E-state index < -0.39 is 0 Å². The Morgan fingerprint density at radius 2 is 2.00 bits per heavy atom. The fraction of sp³-hybridized carbons (Fsp3) is 0.267. The highest BCUT2D eigenvalue weighted by Crippen LogP contribution is 2.15. The highest BCUT2D eigenvalue weighted by Gasteiger charge is 2.02. The fourth-order valence-corrected chi connectivity index (χ4v) is 2.23. The Morgan fingerprint density at radius 3 is 2.81 bits per heavy atom. The Labute approximate surface area is 123 Å². The molecule has 1 aromatic carbocycles. The second-order valence-corrected chi connectivity index (χ2v) is 4.82. The Morgan fingerprint density at radius 1 is 1.14 bits per heavy atom. The van der Waals surface area contributed by atoms with Crippen LogP contribution in [0.2, 0.25) is 0 Å². The zero-order valence-corrected chi connectivity index (χ0v) is 12.0. The number of hydrogen-bond acceptors (Lipinski definition) is 4. The van der Waals surface area contributed by atoms with Gasteiger partial charge in [-0.25, -0.2) is 0 Å². The van der Waals surface area contributed by atoms with Gasteiger partial charge in [-0.2, -0.15) is 5.10 Å². The van der Waals surface area contributed by atoms with Gasteiger partial charge in [-0.15, -0.1) is 10.2 Å². The Bertz CT molecular complexity index is 686. The normalized spacial score (nSPS) is 10.7. The van der Waals surface area contributed by atoms with Crippen molar-refractivity contribution in [3.63, 3.8) is 0 Å². The minimum absolute atomic E-state index is 0.756. The second-order valence-electron chi connectivity index (χ2n) is 4.82. The molecule has 21 heavy (non-hydrogen) atoms. The monoisotopic (exact) mass is 282 g/mol. The molecular formula is C15H18N6. The Hall–Kier alpha value is -2.63. The average Bonchev–Trinajstić information content (AvgIpc) is 3.18. The lowest BCUT2D eigenvalue weighted by Gasteiger charge is -2.10. The molecule has 2 aromatic heterocycles. The molecule has 0 aliphatic heterocycles. The second kappa shape index (κ2) is 6.21. The molecule has 0 bridgehead atoms. The minimum atomic E-state index is 0.756. The van der Waals surface area contributed by atoms with E-state index in [0.29, 0.717) is 0 Å². The van der Waals surface area contributed by atoms with E-state index in [4.69, 9.17) is 0 Å². The summed E-state index contributed by atoms with van der Waals surface area (Å²) in [5.74, 6) is 0. The maximum Gasteiger partial charge on any atom is 0.123 e. The number of hydrogen-bond donors (Lipinski definition) is 1. The van der Waals surface area contributed by atoms with Gasteiger partial charge in [0, 0.05) is 18.4 Å². The molecule has 0 atom stereocenters. The van der Waals surface area contributed by atoms with Crippen LogP contribution in [-0.2, 0) is 13.1 Å². The van der Waals surface area contributed by atoms with Crippen molar-refractivity contribution >= 4 is 5.69 Å². The van der Waals surface area contributed by atoms with Gasteiger partial charge in [0.2, 0.25) is 0 Å². The molecule has 6 nitrogen and oxygen atoms in total. The third-order valence-electron chi connectivity index (χ3n) is 3.28. The van der Waals surface area contributed by atoms with Crippen LogP contribution >= 0.6 is 0 Å². The summed E-state index contributed by atoms with van der Waals surface area (Å²) >= 11 is 0. The lowest BCUT2D eigenvalue weighted by Crippen LogP contribution is -2.09. The van der Waals surface area contributed by atoms with Crippen molar-refractivity contribution in [2.75, 3.05) is 5.32 Å². The smallest absolute Gasteiger partial charge is 0.123 e. The van der Waals surface area contributed by atoms with E-state index in [-0.39, 0.29) is 0 Å². The van der Waals surface area contributed by atoms with Gasteiger partial charge in [0.1, 0.15) is 12.7 Å². The van der Waals surface area contributed by atoms with Crippen molar-refractivity contribution in [1.82, 2.24) is 24.5 Å². The SMILES string of the molecule is CCCn1nccc1CNc1cccc(-n2cnnc2)c1. The van der Waals surface area contributed by atoms with E-state index in [1.54, 1.807) is 12.7 Å². The lowest BCUT2D eigenvalue weighted by atomic mass is 10.2. The maximum atomic E-state index is 4.33. The standard InChI is InChI=1S/C15H18N6/c1-2-8-21-15(6-7-19-21)10-16-13-4-3-5-14(9-13)20-11-17-18-12-20/h3-7,9,11-12,16H,2,8,10H2,1H3. The number of aromatic nitrogens is 5. The molecule has 0 amide bonds. The van der Waals surface area contributed by atoms with E-state index >= 15 is 0 Å². The number of benzene rings is 1. The van der Waals surface area contributed by atoms with Crippen LogP contribution in [-0.4, -0.2) is 24.5 Å². The van der Waals surface area contributed by atoms with Gasteiger partial charge in [0.05, 0.1) is 17.9 Å². The summed E-state index contributed by atoms with van der Waals surface area (Å²) in [7, 11) is 0. The molecule has 0 fully saturated rings. The van der Waals surface area contributed by atoms with Gasteiger partial charge in [0.25, 0.3) is 0 Å². The van der Waals surface area contributed by atoms with Crippen molar-refractivity contribution in [2.24, 2.45) is 0 Å². The van der Waals surface area contributed by atoms with Crippen molar-refractivity contribution < 1.29 is 0 Å². The van der Waals surface area contributed by atoms with Crippen LogP contribution in [0.1, 0.15) is 19.0 Å². The first kappa shape index (κ1) is 13.4. The summed E-state index contributed by atoms with van der Waals surface area (Å²) in [5, 5.41) is 15.4. The number of aryl methyl sites for hydroxylation is 1. The van der Waals surface area contributed by atoms with Crippen molar-refractivity contribution in [3.05, 3.63) is 54.9 Å². The molecule has 3 aromatic rings. The zero-order valence-electron chi connectivity index (χ0n) is 12.0. The quantitative estimate of drug-likeness (QED) is 0.754. The van der Waals surface area contributed by atoms with Crippen molar-refractivity contribution in [3.8, 4) is 5.69 Å². The van der Waals surface area contributed by atoms with E-state index in [9.17, 15) is 0 Å². The first-order chi connectivity index (χ1) is 10.4. The largest absolute Gasteiger partial charge is 0.379 e. The highest BCUT2D eigenvalue weighted by molar-refractivity contribution is 5.51. The third-order valence-corrected chi connectivity index (χ3v) is 3.28. The van der Waals surface area contributed by atoms with Gasteiger partial charge < -0.3 is 5.32 Å². The van der Waals surface area contributed by atoms with E-state index in [0.717, 1.165) is 30.9 Å². The molecular weight excluding hydrogens is 264 g/mol. The number of rotatable bonds is 6. The minimum Gasteiger partial charge on any atom is -0.379 e. The number of anilines is 1. The summed E-state index contributed by atoms with van der Waals surface area (Å²) < 4.78 is 3.92. The molecule has 3 rings (SSSR count). The molecule has 0 unspecified atom stereocenters. The van der Waals surface area contributed by atoms with Crippen LogP contribution in [0.3, 0.4) is 0 Å². The van der Waals surface area contributed by atoms with Crippen molar-refractivity contribution in [1.29, 1.82) is 0 Å². The molecule has 0 aliphatic carbocycles. The predicted octanol–water partition coefficient (Wildman–Crippen LogP) is 2.49. The average molecular weight is 282 g/mol. The van der Waals surface area contributed by atoms with Crippen LogP contribution in [0.4, 0.5) is 5.69 Å². The summed E-state index contributed by atoms with van der Waals surface area (Å²) in [6.07, 6.45) is 6.31. The van der Waals surface area contributed by atoms with Gasteiger partial charge >= 0.3 is 0 Å². The first-order valence-electron chi connectivity index (χ1n) is 7.06. The van der Waals surface area contributed by atoms with Gasteiger partial charge in [-0.05, 0) is 30.7 Å². The van der Waals surface area contributed by atoms with Gasteiger partial charge in [-0.1, -0.05) is 13.0 Å². The van der Waals surface area contributed by atoms with E-state index in [1.165, 1.54) is 5.69 Å². The number of nitrogens with zero attached hydrogens (tertiary/aromatic N) is 5. The highest BCUT2D eigenvalue weighted by atomic mass is 15.3. The zero-order chi connectivity index (χ0) is 14.5. The predicted molar refractivity (Wildman–Crippen MR) is 81.2 cm³/mol. The summed E-state index contributed by atoms with van der Waals surface area (Å²) in [6, 6.07) is 10.2. The molecule has 0 aliphatic rings. The van der Waals surface area contributed by atoms with E-state index in [2.05, 4.69) is 33.6 Å². The molecule has 108 valence electrons. The molecule has 6 heteroatoms. The van der Waals surface area contributed by atoms with Crippen LogP contribution in [0, 0.1) is 0 Å². The van der Waals surface area contributed by atoms with Gasteiger partial charge in [-0.3, -0.25) is 9.25 Å². The Kier molecular flexibility index (Phi) is 3.95. The maximum absolute atomic E-state index is 4.33. The Balaban J connectivity index is 1.71. The fourth-order valence-electron chi connectivity index (χ4n) is 2.23. The summed E-state index contributed by atoms with van der Waals surface area (Å²) in [6.45, 7) is 3.86. The molecule has 2 heterocycles. The molecule has 0 radical (unpaired) electrons. The molecule has 0 saturated carbocycles. The molecule has 0 saturated heterocycles.